The van der Waals surface area contributed by atoms with Crippen molar-refractivity contribution in [1.82, 2.24) is 15.1 Å². The fourth-order valence-electron chi connectivity index (χ4n) is 4.43. The average molecular weight is 344 g/mol. The second-order valence-electron chi connectivity index (χ2n) is 8.10. The van der Waals surface area contributed by atoms with Crippen LogP contribution in [0.25, 0.3) is 0 Å². The first-order valence-corrected chi connectivity index (χ1v) is 10.5. The first-order chi connectivity index (χ1) is 12.2. The lowest BCUT2D eigenvalue weighted by atomic mass is 9.95. The van der Waals surface area contributed by atoms with Crippen molar-refractivity contribution >= 4 is 0 Å². The van der Waals surface area contributed by atoms with E-state index in [2.05, 4.69) is 60.2 Å². The Hall–Kier alpha value is -0.900. The second kappa shape index (κ2) is 9.16. The molecule has 2 fully saturated rings. The predicted octanol–water partition coefficient (Wildman–Crippen LogP) is 3.71. The number of hydrogen-bond donors (Lipinski definition) is 1. The topological polar surface area (TPSA) is 18.5 Å². The average Bonchev–Trinajstić information content (AvgIpc) is 2.68. The molecule has 25 heavy (non-hydrogen) atoms. The molecule has 2 heterocycles. The smallest absolute Gasteiger partial charge is 0.0479 e. The van der Waals surface area contributed by atoms with Gasteiger partial charge < -0.3 is 10.2 Å². The third kappa shape index (κ3) is 4.84. The molecule has 1 aromatic rings. The van der Waals surface area contributed by atoms with Crippen LogP contribution < -0.4 is 5.32 Å². The fraction of sp³-hybridized carbons (Fsp3) is 0.727. The summed E-state index contributed by atoms with van der Waals surface area (Å²) < 4.78 is 0. The van der Waals surface area contributed by atoms with Gasteiger partial charge in [-0.05, 0) is 55.8 Å². The van der Waals surface area contributed by atoms with E-state index in [1.165, 1.54) is 56.6 Å². The van der Waals surface area contributed by atoms with Crippen molar-refractivity contribution in [2.75, 3.05) is 39.3 Å². The van der Waals surface area contributed by atoms with E-state index < -0.39 is 0 Å². The molecular weight excluding hydrogens is 306 g/mol. The molecule has 0 aliphatic carbocycles. The van der Waals surface area contributed by atoms with E-state index in [9.17, 15) is 0 Å². The highest BCUT2D eigenvalue weighted by molar-refractivity contribution is 5.26. The summed E-state index contributed by atoms with van der Waals surface area (Å²) in [5, 5.41) is 3.59. The molecule has 0 saturated carbocycles. The Morgan fingerprint density at radius 1 is 1.08 bits per heavy atom. The van der Waals surface area contributed by atoms with Gasteiger partial charge in [0.25, 0.3) is 0 Å². The second-order valence-corrected chi connectivity index (χ2v) is 8.10. The van der Waals surface area contributed by atoms with E-state index in [0.29, 0.717) is 12.1 Å². The molecule has 0 radical (unpaired) electrons. The van der Waals surface area contributed by atoms with Gasteiger partial charge in [-0.25, -0.2) is 0 Å². The van der Waals surface area contributed by atoms with Gasteiger partial charge in [-0.1, -0.05) is 45.0 Å². The quantitative estimate of drug-likeness (QED) is 0.849. The van der Waals surface area contributed by atoms with Crippen LogP contribution in [0.5, 0.6) is 0 Å². The molecule has 1 N–H and O–H groups in total. The maximum absolute atomic E-state index is 3.59. The molecule has 1 aromatic carbocycles. The largest absolute Gasteiger partial charge is 0.314 e. The predicted molar refractivity (Wildman–Crippen MR) is 107 cm³/mol. The highest BCUT2D eigenvalue weighted by Crippen LogP contribution is 2.28. The van der Waals surface area contributed by atoms with Gasteiger partial charge in [-0.15, -0.1) is 0 Å². The Balaban J connectivity index is 1.79. The van der Waals surface area contributed by atoms with E-state index >= 15 is 0 Å². The monoisotopic (exact) mass is 343 g/mol. The normalized spacial score (nSPS) is 25.2. The van der Waals surface area contributed by atoms with Gasteiger partial charge in [-0.2, -0.15) is 0 Å². The minimum Gasteiger partial charge on any atom is -0.314 e. The summed E-state index contributed by atoms with van der Waals surface area (Å²) in [4.78, 5) is 5.50. The van der Waals surface area contributed by atoms with Gasteiger partial charge in [0.05, 0.1) is 0 Å². The third-order valence-electron chi connectivity index (χ3n) is 6.35. The maximum Gasteiger partial charge on any atom is 0.0479 e. The summed E-state index contributed by atoms with van der Waals surface area (Å²) in [6.45, 7) is 14.1. The van der Waals surface area contributed by atoms with Crippen molar-refractivity contribution in [1.29, 1.82) is 0 Å². The van der Waals surface area contributed by atoms with Gasteiger partial charge in [0.2, 0.25) is 0 Å². The summed E-state index contributed by atoms with van der Waals surface area (Å²) in [5.41, 5.74) is 2.96. The van der Waals surface area contributed by atoms with E-state index in [1.54, 1.807) is 0 Å². The van der Waals surface area contributed by atoms with Crippen molar-refractivity contribution in [2.24, 2.45) is 5.92 Å². The lowest BCUT2D eigenvalue weighted by Crippen LogP contribution is -2.54. The van der Waals surface area contributed by atoms with Gasteiger partial charge in [0.15, 0.2) is 0 Å². The van der Waals surface area contributed by atoms with Gasteiger partial charge in [0.1, 0.15) is 0 Å². The number of nitrogens with one attached hydrogen (secondary N) is 1. The molecule has 140 valence electrons. The molecule has 2 saturated heterocycles. The van der Waals surface area contributed by atoms with Crippen LogP contribution in [0, 0.1) is 5.92 Å². The Labute approximate surface area is 154 Å². The van der Waals surface area contributed by atoms with Crippen molar-refractivity contribution < 1.29 is 0 Å². The number of rotatable bonds is 6. The molecule has 2 unspecified atom stereocenters. The highest BCUT2D eigenvalue weighted by atomic mass is 15.3. The number of piperazine rings is 1. The van der Waals surface area contributed by atoms with Crippen LogP contribution >= 0.6 is 0 Å². The Bertz CT molecular complexity index is 505. The Morgan fingerprint density at radius 3 is 2.44 bits per heavy atom. The molecule has 3 heteroatoms. The summed E-state index contributed by atoms with van der Waals surface area (Å²) >= 11 is 0. The van der Waals surface area contributed by atoms with Crippen LogP contribution in [-0.2, 0) is 6.42 Å². The van der Waals surface area contributed by atoms with Crippen molar-refractivity contribution in [2.45, 2.75) is 58.5 Å². The SMILES string of the molecule is CCc1ccc(C(CN2CCC(C)CC2)N2CCNCC2CC)cc1. The summed E-state index contributed by atoms with van der Waals surface area (Å²) in [5.74, 6) is 0.904. The Morgan fingerprint density at radius 2 is 1.80 bits per heavy atom. The van der Waals surface area contributed by atoms with E-state index in [0.717, 1.165) is 25.4 Å². The van der Waals surface area contributed by atoms with E-state index in [1.807, 2.05) is 0 Å². The molecule has 3 nitrogen and oxygen atoms in total. The molecule has 0 bridgehead atoms. The lowest BCUT2D eigenvalue weighted by Gasteiger charge is -2.44. The fourth-order valence-corrected chi connectivity index (χ4v) is 4.43. The number of piperidine rings is 1. The van der Waals surface area contributed by atoms with Crippen LogP contribution in [0.1, 0.15) is 57.2 Å². The van der Waals surface area contributed by atoms with Crippen LogP contribution in [0.15, 0.2) is 24.3 Å². The van der Waals surface area contributed by atoms with Crippen LogP contribution in [0.4, 0.5) is 0 Å². The van der Waals surface area contributed by atoms with Crippen molar-refractivity contribution in [3.8, 4) is 0 Å². The van der Waals surface area contributed by atoms with Crippen LogP contribution in [-0.4, -0.2) is 55.1 Å². The maximum atomic E-state index is 3.59. The van der Waals surface area contributed by atoms with Crippen molar-refractivity contribution in [3.63, 3.8) is 0 Å². The molecule has 0 aromatic heterocycles. The summed E-state index contributed by atoms with van der Waals surface area (Å²) in [7, 11) is 0. The first kappa shape index (κ1) is 18.9. The molecule has 3 rings (SSSR count). The zero-order valence-electron chi connectivity index (χ0n) is 16.5. The molecule has 0 amide bonds. The lowest BCUT2D eigenvalue weighted by molar-refractivity contribution is 0.0641. The number of nitrogens with zero attached hydrogens (tertiary/aromatic N) is 2. The Kier molecular flexibility index (Phi) is 6.92. The van der Waals surface area contributed by atoms with E-state index in [4.69, 9.17) is 0 Å². The van der Waals surface area contributed by atoms with Crippen LogP contribution in [0.3, 0.4) is 0 Å². The van der Waals surface area contributed by atoms with Crippen molar-refractivity contribution in [3.05, 3.63) is 35.4 Å². The zero-order chi connectivity index (χ0) is 17.6. The number of likely N-dealkylation sites (tertiary alicyclic amines) is 1. The first-order valence-electron chi connectivity index (χ1n) is 10.5. The molecule has 2 atom stereocenters. The standard InChI is InChI=1S/C22H37N3/c1-4-19-6-8-20(9-7-19)22(17-24-13-10-18(3)11-14-24)25-15-12-23-16-21(25)5-2/h6-9,18,21-23H,4-5,10-17H2,1-3H3. The van der Waals surface area contributed by atoms with Gasteiger partial charge in [-0.3, -0.25) is 4.90 Å². The van der Waals surface area contributed by atoms with Gasteiger partial charge in [0, 0.05) is 38.3 Å². The minimum atomic E-state index is 0.534. The zero-order valence-corrected chi connectivity index (χ0v) is 16.5. The van der Waals surface area contributed by atoms with E-state index in [-0.39, 0.29) is 0 Å². The number of hydrogen-bond acceptors (Lipinski definition) is 3. The number of benzene rings is 1. The summed E-state index contributed by atoms with van der Waals surface area (Å²) in [6, 6.07) is 10.7. The van der Waals surface area contributed by atoms with Gasteiger partial charge >= 0.3 is 0 Å². The minimum absolute atomic E-state index is 0.534. The summed E-state index contributed by atoms with van der Waals surface area (Å²) in [6.07, 6.45) is 5.08. The third-order valence-corrected chi connectivity index (χ3v) is 6.35. The number of aryl methyl sites for hydroxylation is 1. The highest BCUT2D eigenvalue weighted by Gasteiger charge is 2.30. The molecule has 2 aliphatic heterocycles. The molecule has 0 spiro atoms. The molecular formula is C22H37N3. The van der Waals surface area contributed by atoms with Crippen LogP contribution in [0.2, 0.25) is 0 Å². The molecule has 2 aliphatic rings.